The molecule has 184 valence electrons. The largest absolute Gasteiger partial charge is 0.488 e. The van der Waals surface area contributed by atoms with Gasteiger partial charge in [0.1, 0.15) is 12.4 Å². The fourth-order valence-corrected chi connectivity index (χ4v) is 5.21. The molecule has 0 saturated carbocycles. The van der Waals surface area contributed by atoms with E-state index < -0.39 is 21.7 Å². The fourth-order valence-electron chi connectivity index (χ4n) is 4.03. The van der Waals surface area contributed by atoms with Crippen LogP contribution in [0.5, 0.6) is 5.75 Å². The van der Waals surface area contributed by atoms with E-state index in [1.54, 1.807) is 31.2 Å². The van der Waals surface area contributed by atoms with Gasteiger partial charge in [-0.05, 0) is 41.0 Å². The van der Waals surface area contributed by atoms with E-state index in [4.69, 9.17) is 22.1 Å². The average Bonchev–Trinajstić information content (AvgIpc) is 2.89. The molecule has 0 radical (unpaired) electrons. The topological polar surface area (TPSA) is 86.5 Å². The Morgan fingerprint density at radius 3 is 2.14 bits per heavy atom. The minimum absolute atomic E-state index is 0.000792. The molecule has 1 amide bonds. The summed E-state index contributed by atoms with van der Waals surface area (Å²) in [7, 11) is -3.34. The van der Waals surface area contributed by atoms with E-state index in [9.17, 15) is 13.2 Å². The Labute approximate surface area is 216 Å². The Balaban J connectivity index is 1.64. The minimum Gasteiger partial charge on any atom is -0.488 e. The number of para-hydroxylation sites is 1. The van der Waals surface area contributed by atoms with Gasteiger partial charge >= 0.3 is 0 Å². The zero-order valence-electron chi connectivity index (χ0n) is 19.7. The molecule has 5 nitrogen and oxygen atoms in total. The van der Waals surface area contributed by atoms with Gasteiger partial charge in [0.05, 0.1) is 16.6 Å². The molecule has 0 saturated heterocycles. The van der Waals surface area contributed by atoms with Crippen molar-refractivity contribution in [1.82, 2.24) is 0 Å². The van der Waals surface area contributed by atoms with Crippen molar-refractivity contribution >= 4 is 27.3 Å². The van der Waals surface area contributed by atoms with Crippen LogP contribution < -0.4 is 10.5 Å². The summed E-state index contributed by atoms with van der Waals surface area (Å²) in [5, 5.41) is 0.444. The van der Waals surface area contributed by atoms with Gasteiger partial charge in [0, 0.05) is 16.1 Å². The second-order valence-electron chi connectivity index (χ2n) is 8.32. The van der Waals surface area contributed by atoms with Crippen molar-refractivity contribution in [3.63, 3.8) is 0 Å². The summed E-state index contributed by atoms with van der Waals surface area (Å²) in [4.78, 5) is 12.6. The molecule has 4 aromatic rings. The lowest BCUT2D eigenvalue weighted by Crippen LogP contribution is -2.22. The first-order valence-corrected chi connectivity index (χ1v) is 13.5. The van der Waals surface area contributed by atoms with Gasteiger partial charge in [-0.2, -0.15) is 0 Å². The number of ether oxygens (including phenoxy) is 1. The van der Waals surface area contributed by atoms with Gasteiger partial charge in [0.25, 0.3) is 0 Å². The van der Waals surface area contributed by atoms with Crippen molar-refractivity contribution in [2.75, 3.05) is 5.75 Å². The van der Waals surface area contributed by atoms with Gasteiger partial charge in [-0.3, -0.25) is 4.79 Å². The normalized spacial score (nSPS) is 12.2. The van der Waals surface area contributed by atoms with Crippen LogP contribution in [-0.2, 0) is 21.2 Å². The first-order valence-electron chi connectivity index (χ1n) is 11.5. The lowest BCUT2D eigenvalue weighted by atomic mass is 9.89. The number of primary amides is 1. The molecule has 4 aromatic carbocycles. The van der Waals surface area contributed by atoms with E-state index in [0.29, 0.717) is 28.5 Å². The zero-order valence-corrected chi connectivity index (χ0v) is 21.3. The number of halogens is 1. The number of benzene rings is 4. The Morgan fingerprint density at radius 2 is 1.50 bits per heavy atom. The van der Waals surface area contributed by atoms with E-state index in [0.717, 1.165) is 16.7 Å². The summed E-state index contributed by atoms with van der Waals surface area (Å²) in [5.74, 6) is -0.648. The molecule has 0 heterocycles. The van der Waals surface area contributed by atoms with E-state index in [1.807, 2.05) is 60.7 Å². The predicted molar refractivity (Wildman–Crippen MR) is 143 cm³/mol. The molecule has 4 rings (SSSR count). The number of sulfone groups is 1. The molecule has 0 aliphatic carbocycles. The third kappa shape index (κ3) is 5.61. The molecule has 2 N–H and O–H groups in total. The molecular formula is C29H26ClNO4S. The van der Waals surface area contributed by atoms with Crippen LogP contribution in [0.4, 0.5) is 0 Å². The fraction of sp³-hybridized carbons (Fsp3) is 0.138. The number of hydrogen-bond acceptors (Lipinski definition) is 4. The lowest BCUT2D eigenvalue weighted by molar-refractivity contribution is -0.118. The van der Waals surface area contributed by atoms with Gasteiger partial charge in [-0.15, -0.1) is 0 Å². The van der Waals surface area contributed by atoms with Crippen molar-refractivity contribution in [2.24, 2.45) is 5.73 Å². The summed E-state index contributed by atoms with van der Waals surface area (Å²) in [5.41, 5.74) is 9.60. The molecule has 0 aliphatic heterocycles. The monoisotopic (exact) mass is 519 g/mol. The number of nitrogens with two attached hydrogens (primary N) is 1. The highest BCUT2D eigenvalue weighted by Gasteiger charge is 2.23. The lowest BCUT2D eigenvalue weighted by Gasteiger charge is -2.17. The smallest absolute Gasteiger partial charge is 0.229 e. The van der Waals surface area contributed by atoms with Crippen LogP contribution in [0.3, 0.4) is 0 Å². The van der Waals surface area contributed by atoms with Crippen molar-refractivity contribution < 1.29 is 17.9 Å². The number of amides is 1. The first-order chi connectivity index (χ1) is 17.3. The van der Waals surface area contributed by atoms with Crippen LogP contribution >= 0.6 is 11.6 Å². The summed E-state index contributed by atoms with van der Waals surface area (Å²) in [6, 6.07) is 29.1. The van der Waals surface area contributed by atoms with Crippen molar-refractivity contribution in [3.05, 3.63) is 119 Å². The molecule has 0 spiro atoms. The van der Waals surface area contributed by atoms with Gasteiger partial charge in [0.15, 0.2) is 9.84 Å². The quantitative estimate of drug-likeness (QED) is 0.294. The van der Waals surface area contributed by atoms with Crippen molar-refractivity contribution in [3.8, 4) is 16.9 Å². The molecule has 7 heteroatoms. The molecule has 0 fully saturated rings. The van der Waals surface area contributed by atoms with Crippen molar-refractivity contribution in [1.29, 1.82) is 0 Å². The SMILES string of the molecule is CCS(=O)(=O)c1ccc(C(C(N)=O)c2ccc(-c3ccccc3OCc3ccccc3)c(Cl)c2)cc1. The Hall–Kier alpha value is -3.61. The van der Waals surface area contributed by atoms with E-state index in [1.165, 1.54) is 12.1 Å². The van der Waals surface area contributed by atoms with Gasteiger partial charge in [0.2, 0.25) is 5.91 Å². The summed E-state index contributed by atoms with van der Waals surface area (Å²) < 4.78 is 30.4. The number of rotatable bonds is 9. The van der Waals surface area contributed by atoms with Crippen LogP contribution in [-0.4, -0.2) is 20.1 Å². The second kappa shape index (κ2) is 11.0. The van der Waals surface area contributed by atoms with Gasteiger partial charge < -0.3 is 10.5 Å². The first kappa shape index (κ1) is 25.5. The van der Waals surface area contributed by atoms with Crippen molar-refractivity contribution in [2.45, 2.75) is 24.3 Å². The summed E-state index contributed by atoms with van der Waals surface area (Å²) in [6.45, 7) is 2.00. The Kier molecular flexibility index (Phi) is 7.77. The van der Waals surface area contributed by atoms with E-state index in [2.05, 4.69) is 0 Å². The molecule has 36 heavy (non-hydrogen) atoms. The van der Waals surface area contributed by atoms with Gasteiger partial charge in [-0.25, -0.2) is 8.42 Å². The van der Waals surface area contributed by atoms with E-state index in [-0.39, 0.29) is 10.6 Å². The minimum atomic E-state index is -3.34. The molecule has 0 aliphatic rings. The maximum absolute atomic E-state index is 12.4. The van der Waals surface area contributed by atoms with Crippen LogP contribution in [0, 0.1) is 0 Å². The molecule has 0 aromatic heterocycles. The zero-order chi connectivity index (χ0) is 25.7. The molecule has 1 atom stereocenters. The Morgan fingerprint density at radius 1 is 0.861 bits per heavy atom. The van der Waals surface area contributed by atoms with Crippen LogP contribution in [0.1, 0.15) is 29.5 Å². The molecule has 1 unspecified atom stereocenters. The predicted octanol–water partition coefficient (Wildman–Crippen LogP) is 6.00. The van der Waals surface area contributed by atoms with Crippen LogP contribution in [0.25, 0.3) is 11.1 Å². The number of carbonyl (C=O) groups is 1. The highest BCUT2D eigenvalue weighted by molar-refractivity contribution is 7.91. The average molecular weight is 520 g/mol. The summed E-state index contributed by atoms with van der Waals surface area (Å²) >= 11 is 6.71. The summed E-state index contributed by atoms with van der Waals surface area (Å²) in [6.07, 6.45) is 0. The number of carbonyl (C=O) groups excluding carboxylic acids is 1. The highest BCUT2D eigenvalue weighted by atomic mass is 35.5. The van der Waals surface area contributed by atoms with E-state index >= 15 is 0 Å². The standard InChI is InChI=1S/C29H26ClNO4S/c1-2-36(33,34)23-15-12-21(13-16-23)28(29(31)32)22-14-17-24(26(30)18-22)25-10-6-7-11-27(25)35-19-20-8-4-3-5-9-20/h3-18,28H,2,19H2,1H3,(H2,31,32). The Bertz CT molecular complexity index is 1470. The highest BCUT2D eigenvalue weighted by Crippen LogP contribution is 2.38. The third-order valence-electron chi connectivity index (χ3n) is 5.98. The maximum atomic E-state index is 12.4. The van der Waals surface area contributed by atoms with Crippen LogP contribution in [0.2, 0.25) is 5.02 Å². The van der Waals surface area contributed by atoms with Crippen LogP contribution in [0.15, 0.2) is 102 Å². The third-order valence-corrected chi connectivity index (χ3v) is 8.04. The maximum Gasteiger partial charge on any atom is 0.229 e. The van der Waals surface area contributed by atoms with Gasteiger partial charge in [-0.1, -0.05) is 91.3 Å². The molecular weight excluding hydrogens is 494 g/mol. The molecule has 0 bridgehead atoms. The number of hydrogen-bond donors (Lipinski definition) is 1. The second-order valence-corrected chi connectivity index (χ2v) is 11.0.